The first-order valence-corrected chi connectivity index (χ1v) is 20.6. The Morgan fingerprint density at radius 2 is 0.717 bits per heavy atom. The van der Waals surface area contributed by atoms with Gasteiger partial charge in [0.1, 0.15) is 11.6 Å². The zero-order valence-electron chi connectivity index (χ0n) is 34.0. The largest absolute Gasteiger partial charge is 0.292 e. The van der Waals surface area contributed by atoms with Crippen molar-refractivity contribution >= 4 is 22.1 Å². The summed E-state index contributed by atoms with van der Waals surface area (Å²) >= 11 is 0. The van der Waals surface area contributed by atoms with Crippen LogP contribution >= 0.6 is 0 Å². The van der Waals surface area contributed by atoms with Crippen molar-refractivity contribution in [3.63, 3.8) is 0 Å². The van der Waals surface area contributed by atoms with E-state index in [1.165, 1.54) is 11.1 Å². The van der Waals surface area contributed by atoms with E-state index in [0.29, 0.717) is 29.3 Å². The molecule has 7 heteroatoms. The fourth-order valence-corrected chi connectivity index (χ4v) is 7.96. The minimum Gasteiger partial charge on any atom is -0.292 e. The Balaban J connectivity index is 1.28. The molecular weight excluding hydrogens is 735 g/mol. The Morgan fingerprint density at radius 3 is 1.15 bits per heavy atom. The second-order valence-electron chi connectivity index (χ2n) is 15.9. The summed E-state index contributed by atoms with van der Waals surface area (Å²) in [4.78, 5) is 26.2. The molecule has 0 bridgehead atoms. The third kappa shape index (κ3) is 6.84. The van der Waals surface area contributed by atoms with Crippen LogP contribution in [0.5, 0.6) is 0 Å². The average molecular weight is 778 g/mol. The van der Waals surface area contributed by atoms with E-state index in [1.54, 1.807) is 0 Å². The van der Waals surface area contributed by atoms with Crippen LogP contribution in [0, 0.1) is 0 Å². The molecule has 290 valence electrons. The Morgan fingerprint density at radius 1 is 0.333 bits per heavy atom. The van der Waals surface area contributed by atoms with Crippen molar-refractivity contribution < 1.29 is 0 Å². The van der Waals surface area contributed by atoms with Crippen molar-refractivity contribution in [2.24, 2.45) is 0 Å². The van der Waals surface area contributed by atoms with Crippen molar-refractivity contribution in [1.29, 1.82) is 0 Å². The second kappa shape index (κ2) is 15.3. The van der Waals surface area contributed by atoms with Crippen molar-refractivity contribution in [1.82, 2.24) is 34.1 Å². The van der Waals surface area contributed by atoms with Gasteiger partial charge in [-0.1, -0.05) is 137 Å². The summed E-state index contributed by atoms with van der Waals surface area (Å²) in [6, 6.07) is 61.0. The molecule has 10 rings (SSSR count). The third-order valence-corrected chi connectivity index (χ3v) is 11.1. The Bertz CT molecular complexity index is 2950. The maximum atomic E-state index is 5.37. The van der Waals surface area contributed by atoms with Gasteiger partial charge >= 0.3 is 0 Å². The Kier molecular flexibility index (Phi) is 9.41. The number of imidazole rings is 2. The highest BCUT2D eigenvalue weighted by Crippen LogP contribution is 2.38. The van der Waals surface area contributed by atoms with Crippen LogP contribution in [0.4, 0.5) is 0 Å². The van der Waals surface area contributed by atoms with Crippen LogP contribution in [0.15, 0.2) is 176 Å². The number of benzene rings is 7. The first-order valence-electron chi connectivity index (χ1n) is 20.6. The molecule has 0 saturated heterocycles. The van der Waals surface area contributed by atoms with Gasteiger partial charge in [0.05, 0.1) is 22.1 Å². The van der Waals surface area contributed by atoms with E-state index < -0.39 is 0 Å². The van der Waals surface area contributed by atoms with Gasteiger partial charge in [-0.05, 0) is 89.7 Å². The standard InChI is InChI=1S/C53H43N7/c1-34(2)38-21-15-23-43(32-38)59-47-27-13-11-25-45(47)54-52(59)41-29-40(51-57-49(36-17-7-5-8-18-36)56-50(58-51)37-19-9-6-10-20-37)30-42(31-41)53-55-46-26-12-14-28-48(46)60(53)44-24-16-22-39(33-44)35(3)4/h5-35H,1-4H3. The van der Waals surface area contributed by atoms with Crippen LogP contribution in [-0.2, 0) is 0 Å². The van der Waals surface area contributed by atoms with Crippen LogP contribution in [0.2, 0.25) is 0 Å². The number of aromatic nitrogens is 7. The van der Waals surface area contributed by atoms with E-state index in [1.807, 2.05) is 72.8 Å². The number of rotatable bonds is 9. The summed E-state index contributed by atoms with van der Waals surface area (Å²) in [6.45, 7) is 8.92. The van der Waals surface area contributed by atoms with Crippen LogP contribution in [-0.4, -0.2) is 34.1 Å². The van der Waals surface area contributed by atoms with Crippen molar-refractivity contribution in [2.45, 2.75) is 39.5 Å². The number of nitrogens with zero attached hydrogens (tertiary/aromatic N) is 7. The van der Waals surface area contributed by atoms with Crippen molar-refractivity contribution in [3.8, 4) is 68.3 Å². The lowest BCUT2D eigenvalue weighted by Crippen LogP contribution is -2.03. The monoisotopic (exact) mass is 777 g/mol. The summed E-state index contributed by atoms with van der Waals surface area (Å²) in [5.74, 6) is 4.10. The second-order valence-corrected chi connectivity index (χ2v) is 15.9. The molecule has 0 aliphatic heterocycles. The van der Waals surface area contributed by atoms with E-state index in [9.17, 15) is 0 Å². The van der Waals surface area contributed by atoms with Crippen LogP contribution in [0.3, 0.4) is 0 Å². The lowest BCUT2D eigenvalue weighted by molar-refractivity contribution is 0.863. The summed E-state index contributed by atoms with van der Waals surface area (Å²) in [6.07, 6.45) is 0. The summed E-state index contributed by atoms with van der Waals surface area (Å²) in [7, 11) is 0. The minimum atomic E-state index is 0.363. The first kappa shape index (κ1) is 36.8. The number of fused-ring (bicyclic) bond motifs is 2. The predicted octanol–water partition coefficient (Wildman–Crippen LogP) is 13.1. The number of hydrogen-bond acceptors (Lipinski definition) is 5. The van der Waals surface area contributed by atoms with Gasteiger partial charge in [0.15, 0.2) is 17.5 Å². The van der Waals surface area contributed by atoms with Crippen molar-refractivity contribution in [3.05, 3.63) is 187 Å². The summed E-state index contributed by atoms with van der Waals surface area (Å²) in [5.41, 5.74) is 12.9. The van der Waals surface area contributed by atoms with Gasteiger partial charge in [-0.3, -0.25) is 9.13 Å². The molecule has 0 fully saturated rings. The maximum Gasteiger partial charge on any atom is 0.164 e. The van der Waals surface area contributed by atoms with Gasteiger partial charge in [-0.25, -0.2) is 24.9 Å². The first-order chi connectivity index (χ1) is 29.4. The van der Waals surface area contributed by atoms with E-state index in [-0.39, 0.29) is 0 Å². The summed E-state index contributed by atoms with van der Waals surface area (Å²) < 4.78 is 4.55. The maximum absolute atomic E-state index is 5.37. The molecule has 7 aromatic carbocycles. The highest BCUT2D eigenvalue weighted by molar-refractivity contribution is 5.88. The molecule has 0 spiro atoms. The molecule has 0 radical (unpaired) electrons. The van der Waals surface area contributed by atoms with Gasteiger partial charge < -0.3 is 0 Å². The van der Waals surface area contributed by atoms with Gasteiger partial charge in [0.2, 0.25) is 0 Å². The molecule has 10 aromatic rings. The number of para-hydroxylation sites is 4. The van der Waals surface area contributed by atoms with E-state index in [4.69, 9.17) is 24.9 Å². The lowest BCUT2D eigenvalue weighted by Gasteiger charge is -2.16. The normalized spacial score (nSPS) is 11.6. The molecule has 0 aliphatic rings. The Hall–Kier alpha value is -7.51. The highest BCUT2D eigenvalue weighted by Gasteiger charge is 2.22. The lowest BCUT2D eigenvalue weighted by atomic mass is 10.0. The minimum absolute atomic E-state index is 0.363. The third-order valence-electron chi connectivity index (χ3n) is 11.1. The van der Waals surface area contributed by atoms with Crippen LogP contribution in [0.1, 0.15) is 50.7 Å². The topological polar surface area (TPSA) is 74.3 Å². The predicted molar refractivity (Wildman–Crippen MR) is 244 cm³/mol. The van der Waals surface area contributed by atoms with E-state index in [0.717, 1.165) is 72.9 Å². The quantitative estimate of drug-likeness (QED) is 0.146. The molecular formula is C53H43N7. The molecule has 0 atom stereocenters. The van der Waals surface area contributed by atoms with Gasteiger partial charge in [0.25, 0.3) is 0 Å². The highest BCUT2D eigenvalue weighted by atomic mass is 15.1. The molecule has 0 aliphatic carbocycles. The molecule has 0 N–H and O–H groups in total. The smallest absolute Gasteiger partial charge is 0.164 e. The zero-order valence-corrected chi connectivity index (χ0v) is 34.0. The fourth-order valence-electron chi connectivity index (χ4n) is 7.96. The zero-order chi connectivity index (χ0) is 40.7. The van der Waals surface area contributed by atoms with Crippen LogP contribution in [0.25, 0.3) is 90.4 Å². The van der Waals surface area contributed by atoms with Gasteiger partial charge in [0, 0.05) is 39.2 Å². The Labute approximate surface area is 349 Å². The molecule has 3 heterocycles. The number of hydrogen-bond donors (Lipinski definition) is 0. The van der Waals surface area contributed by atoms with Gasteiger partial charge in [-0.2, -0.15) is 0 Å². The van der Waals surface area contributed by atoms with E-state index >= 15 is 0 Å². The molecule has 7 nitrogen and oxygen atoms in total. The van der Waals surface area contributed by atoms with E-state index in [2.05, 4.69) is 140 Å². The molecule has 3 aromatic heterocycles. The molecule has 0 amide bonds. The van der Waals surface area contributed by atoms with Crippen molar-refractivity contribution in [2.75, 3.05) is 0 Å². The molecule has 0 unspecified atom stereocenters. The van der Waals surface area contributed by atoms with Crippen LogP contribution < -0.4 is 0 Å². The fraction of sp³-hybridized carbons (Fsp3) is 0.113. The summed E-state index contributed by atoms with van der Waals surface area (Å²) in [5, 5.41) is 0. The SMILES string of the molecule is CC(C)c1cccc(-n2c(-c3cc(-c4nc(-c5ccccc5)nc(-c5ccccc5)n4)cc(-c4nc5ccccc5n4-c4cccc(C(C)C)c4)c3)nc3ccccc32)c1. The van der Waals surface area contributed by atoms with Gasteiger partial charge in [-0.15, -0.1) is 0 Å². The average Bonchev–Trinajstić information content (AvgIpc) is 3.89. The molecule has 60 heavy (non-hydrogen) atoms. The molecule has 0 saturated carbocycles.